The molecule has 0 atom stereocenters. The Hall–Kier alpha value is -0.900. The van der Waals surface area contributed by atoms with Crippen LogP contribution in [0.2, 0.25) is 10.0 Å². The zero-order chi connectivity index (χ0) is 12.4. The van der Waals surface area contributed by atoms with Crippen molar-refractivity contribution in [3.63, 3.8) is 0 Å². The first-order valence-corrected chi connectivity index (χ1v) is 6.29. The molecule has 0 radical (unpaired) electrons. The lowest BCUT2D eigenvalue weighted by Crippen LogP contribution is -1.88. The topological polar surface area (TPSA) is 35.2 Å². The van der Waals surface area contributed by atoms with E-state index < -0.39 is 0 Å². The van der Waals surface area contributed by atoms with Crippen molar-refractivity contribution in [3.8, 4) is 11.5 Å². The molecule has 2 aromatic carbocycles. The molecule has 17 heavy (non-hydrogen) atoms. The molecule has 0 fully saturated rings. The number of nitrogen functional groups attached to an aromatic ring is 1. The Bertz CT molecular complexity index is 560. The molecule has 0 saturated carbocycles. The maximum absolute atomic E-state index is 6.05. The monoisotopic (exact) mass is 331 g/mol. The summed E-state index contributed by atoms with van der Waals surface area (Å²) in [5.74, 6) is 1.11. The molecule has 0 saturated heterocycles. The summed E-state index contributed by atoms with van der Waals surface area (Å²) in [6.07, 6.45) is 0. The Morgan fingerprint density at radius 1 is 1.06 bits per heavy atom. The third-order valence-electron chi connectivity index (χ3n) is 2.06. The van der Waals surface area contributed by atoms with Gasteiger partial charge in [0.15, 0.2) is 0 Å². The van der Waals surface area contributed by atoms with Crippen LogP contribution in [0.25, 0.3) is 0 Å². The highest BCUT2D eigenvalue weighted by Crippen LogP contribution is 2.36. The predicted octanol–water partition coefficient (Wildman–Crippen LogP) is 5.13. The minimum atomic E-state index is 0.476. The number of rotatable bonds is 2. The van der Waals surface area contributed by atoms with E-state index in [4.69, 9.17) is 33.7 Å². The SMILES string of the molecule is Nc1cccc(Oc2cc(Cl)c(Br)cc2Cl)c1. The number of halogens is 3. The number of hydrogen-bond acceptors (Lipinski definition) is 2. The normalized spacial score (nSPS) is 10.3. The summed E-state index contributed by atoms with van der Waals surface area (Å²) >= 11 is 15.3. The molecule has 0 amide bonds. The van der Waals surface area contributed by atoms with Crippen LogP contribution in [-0.4, -0.2) is 0 Å². The lowest BCUT2D eigenvalue weighted by Gasteiger charge is -2.09. The molecule has 5 heteroatoms. The molecule has 2 nitrogen and oxygen atoms in total. The molecule has 0 spiro atoms. The van der Waals surface area contributed by atoms with Crippen LogP contribution in [0.1, 0.15) is 0 Å². The van der Waals surface area contributed by atoms with Crippen molar-refractivity contribution < 1.29 is 4.74 Å². The van der Waals surface area contributed by atoms with Gasteiger partial charge in [-0.1, -0.05) is 29.3 Å². The van der Waals surface area contributed by atoms with E-state index in [9.17, 15) is 0 Å². The minimum Gasteiger partial charge on any atom is -0.456 e. The summed E-state index contributed by atoms with van der Waals surface area (Å²) in [7, 11) is 0. The second-order valence-electron chi connectivity index (χ2n) is 3.37. The quantitative estimate of drug-likeness (QED) is 0.611. The highest BCUT2D eigenvalue weighted by Gasteiger charge is 2.07. The molecular weight excluding hydrogens is 325 g/mol. The van der Waals surface area contributed by atoms with Gasteiger partial charge in [0, 0.05) is 22.3 Å². The number of nitrogens with two attached hydrogens (primary N) is 1. The van der Waals surface area contributed by atoms with Crippen LogP contribution >= 0.6 is 39.1 Å². The summed E-state index contributed by atoms with van der Waals surface area (Å²) in [6, 6.07) is 10.4. The van der Waals surface area contributed by atoms with E-state index in [0.29, 0.717) is 27.2 Å². The van der Waals surface area contributed by atoms with Crippen molar-refractivity contribution in [1.82, 2.24) is 0 Å². The fourth-order valence-electron chi connectivity index (χ4n) is 1.29. The summed E-state index contributed by atoms with van der Waals surface area (Å²) in [5.41, 5.74) is 6.28. The first-order chi connectivity index (χ1) is 8.06. The lowest BCUT2D eigenvalue weighted by molar-refractivity contribution is 0.483. The molecule has 0 aliphatic heterocycles. The lowest BCUT2D eigenvalue weighted by atomic mass is 10.3. The van der Waals surface area contributed by atoms with E-state index in [1.807, 2.05) is 0 Å². The molecule has 2 aromatic rings. The predicted molar refractivity (Wildman–Crippen MR) is 75.1 cm³/mol. The Morgan fingerprint density at radius 2 is 1.82 bits per heavy atom. The zero-order valence-electron chi connectivity index (χ0n) is 8.58. The molecule has 88 valence electrons. The van der Waals surface area contributed by atoms with Crippen molar-refractivity contribution in [2.24, 2.45) is 0 Å². The number of ether oxygens (including phenoxy) is 1. The molecule has 0 bridgehead atoms. The smallest absolute Gasteiger partial charge is 0.147 e. The van der Waals surface area contributed by atoms with Crippen LogP contribution < -0.4 is 10.5 Å². The van der Waals surface area contributed by atoms with Crippen LogP contribution in [0.15, 0.2) is 40.9 Å². The molecular formula is C12H8BrCl2NO. The van der Waals surface area contributed by atoms with Gasteiger partial charge in [0.1, 0.15) is 11.5 Å². The van der Waals surface area contributed by atoms with E-state index >= 15 is 0 Å². The highest BCUT2D eigenvalue weighted by molar-refractivity contribution is 9.10. The van der Waals surface area contributed by atoms with Crippen molar-refractivity contribution in [2.45, 2.75) is 0 Å². The van der Waals surface area contributed by atoms with Crippen LogP contribution in [0.4, 0.5) is 5.69 Å². The Morgan fingerprint density at radius 3 is 2.53 bits per heavy atom. The fraction of sp³-hybridized carbons (Fsp3) is 0. The molecule has 2 rings (SSSR count). The van der Waals surface area contributed by atoms with Gasteiger partial charge in [-0.05, 0) is 34.1 Å². The van der Waals surface area contributed by atoms with Gasteiger partial charge in [-0.25, -0.2) is 0 Å². The fourth-order valence-corrected chi connectivity index (χ4v) is 2.12. The van der Waals surface area contributed by atoms with Crippen molar-refractivity contribution >= 4 is 44.8 Å². The van der Waals surface area contributed by atoms with E-state index in [1.54, 1.807) is 36.4 Å². The van der Waals surface area contributed by atoms with Gasteiger partial charge in [-0.2, -0.15) is 0 Å². The first-order valence-electron chi connectivity index (χ1n) is 4.74. The summed E-state index contributed by atoms with van der Waals surface area (Å²) in [4.78, 5) is 0. The molecule has 0 aromatic heterocycles. The van der Waals surface area contributed by atoms with Crippen molar-refractivity contribution in [2.75, 3.05) is 5.73 Å². The largest absolute Gasteiger partial charge is 0.456 e. The summed E-state index contributed by atoms with van der Waals surface area (Å²) in [6.45, 7) is 0. The van der Waals surface area contributed by atoms with E-state index in [-0.39, 0.29) is 0 Å². The summed E-state index contributed by atoms with van der Waals surface area (Å²) < 4.78 is 6.33. The number of hydrogen-bond donors (Lipinski definition) is 1. The third-order valence-corrected chi connectivity index (χ3v) is 3.55. The second-order valence-corrected chi connectivity index (χ2v) is 5.04. The van der Waals surface area contributed by atoms with E-state index in [0.717, 1.165) is 4.47 Å². The average molecular weight is 333 g/mol. The Labute approximate surface area is 117 Å². The van der Waals surface area contributed by atoms with Crippen LogP contribution in [0, 0.1) is 0 Å². The maximum atomic E-state index is 6.05. The molecule has 0 aliphatic rings. The summed E-state index contributed by atoms with van der Waals surface area (Å²) in [5, 5.41) is 1.01. The van der Waals surface area contributed by atoms with Crippen LogP contribution in [-0.2, 0) is 0 Å². The van der Waals surface area contributed by atoms with E-state index in [2.05, 4.69) is 15.9 Å². The van der Waals surface area contributed by atoms with Crippen molar-refractivity contribution in [1.29, 1.82) is 0 Å². The van der Waals surface area contributed by atoms with Gasteiger partial charge in [-0.15, -0.1) is 0 Å². The molecule has 0 unspecified atom stereocenters. The van der Waals surface area contributed by atoms with Gasteiger partial charge in [-0.3, -0.25) is 0 Å². The third kappa shape index (κ3) is 3.06. The van der Waals surface area contributed by atoms with Gasteiger partial charge in [0.2, 0.25) is 0 Å². The van der Waals surface area contributed by atoms with Gasteiger partial charge < -0.3 is 10.5 Å². The number of benzene rings is 2. The van der Waals surface area contributed by atoms with Gasteiger partial charge in [0.25, 0.3) is 0 Å². The molecule has 0 aliphatic carbocycles. The Kier molecular flexibility index (Phi) is 3.82. The maximum Gasteiger partial charge on any atom is 0.147 e. The average Bonchev–Trinajstić information content (AvgIpc) is 2.26. The standard InChI is InChI=1S/C12H8BrCl2NO/c13-9-5-11(15)12(6-10(9)14)17-8-3-1-2-7(16)4-8/h1-6H,16H2. The second kappa shape index (κ2) is 5.17. The minimum absolute atomic E-state index is 0.476. The first kappa shape index (κ1) is 12.6. The zero-order valence-corrected chi connectivity index (χ0v) is 11.7. The van der Waals surface area contributed by atoms with Gasteiger partial charge in [0.05, 0.1) is 10.0 Å². The molecule has 0 heterocycles. The van der Waals surface area contributed by atoms with Crippen LogP contribution in [0.3, 0.4) is 0 Å². The Balaban J connectivity index is 2.33. The number of anilines is 1. The highest BCUT2D eigenvalue weighted by atomic mass is 79.9. The van der Waals surface area contributed by atoms with Crippen LogP contribution in [0.5, 0.6) is 11.5 Å². The van der Waals surface area contributed by atoms with E-state index in [1.165, 1.54) is 0 Å². The van der Waals surface area contributed by atoms with Gasteiger partial charge >= 0.3 is 0 Å². The van der Waals surface area contributed by atoms with Crippen molar-refractivity contribution in [3.05, 3.63) is 50.9 Å². The molecule has 2 N–H and O–H groups in total.